The van der Waals surface area contributed by atoms with Crippen molar-refractivity contribution in [3.63, 3.8) is 0 Å². The molecule has 0 radical (unpaired) electrons. The molecule has 7 nitrogen and oxygen atoms in total. The first-order valence-corrected chi connectivity index (χ1v) is 7.07. The fourth-order valence-corrected chi connectivity index (χ4v) is 1.95. The topological polar surface area (TPSA) is 90.3 Å². The number of nitrogens with zero attached hydrogens (tertiary/aromatic N) is 2. The molecule has 9 heteroatoms. The van der Waals surface area contributed by atoms with Gasteiger partial charge in [-0.15, -0.1) is 0 Å². The molecule has 2 rings (SSSR count). The van der Waals surface area contributed by atoms with Crippen molar-refractivity contribution in [2.24, 2.45) is 0 Å². The van der Waals surface area contributed by atoms with Gasteiger partial charge in [0.1, 0.15) is 17.3 Å². The Morgan fingerprint density at radius 3 is 2.52 bits per heavy atom. The van der Waals surface area contributed by atoms with Crippen LogP contribution < -0.4 is 15.6 Å². The average Bonchev–Trinajstić information content (AvgIpc) is 2.55. The third-order valence-corrected chi connectivity index (χ3v) is 3.59. The molecule has 0 atom stereocenters. The molecule has 0 saturated heterocycles. The highest BCUT2D eigenvalue weighted by atomic mass is 35.5. The molecule has 0 aliphatic heterocycles. The maximum Gasteiger partial charge on any atom is 0.287 e. The number of benzene rings is 1. The van der Waals surface area contributed by atoms with E-state index in [9.17, 15) is 14.4 Å². The minimum absolute atomic E-state index is 0.0114. The second-order valence-corrected chi connectivity index (χ2v) is 5.16. The van der Waals surface area contributed by atoms with Gasteiger partial charge in [-0.1, -0.05) is 23.2 Å². The fourth-order valence-electron chi connectivity index (χ4n) is 1.67. The third-order valence-electron chi connectivity index (χ3n) is 2.84. The number of carbonyl (C=O) groups excluding carboxylic acids is 2. The highest BCUT2D eigenvalue weighted by Crippen LogP contribution is 2.14. The third kappa shape index (κ3) is 4.08. The van der Waals surface area contributed by atoms with Crippen LogP contribution in [0.15, 0.2) is 35.3 Å². The highest BCUT2D eigenvalue weighted by molar-refractivity contribution is 6.41. The van der Waals surface area contributed by atoms with Crippen molar-refractivity contribution < 1.29 is 14.3 Å². The lowest BCUT2D eigenvalue weighted by molar-refractivity contribution is -0.120. The highest BCUT2D eigenvalue weighted by Gasteiger charge is 2.14. The van der Waals surface area contributed by atoms with Crippen molar-refractivity contribution in [2.75, 3.05) is 7.11 Å². The Morgan fingerprint density at radius 1 is 1.26 bits per heavy atom. The lowest BCUT2D eigenvalue weighted by Crippen LogP contribution is -2.37. The normalized spacial score (nSPS) is 10.2. The summed E-state index contributed by atoms with van der Waals surface area (Å²) in [5, 5.41) is 5.58. The SMILES string of the molecule is COc1ccc(C(=O)NC(=O)Cn2ncc(Cl)c(Cl)c2=O)cc1. The van der Waals surface area contributed by atoms with Gasteiger partial charge in [0.05, 0.1) is 18.3 Å². The van der Waals surface area contributed by atoms with E-state index in [2.05, 4.69) is 10.4 Å². The zero-order valence-electron chi connectivity index (χ0n) is 11.9. The van der Waals surface area contributed by atoms with Crippen molar-refractivity contribution in [2.45, 2.75) is 6.54 Å². The number of rotatable bonds is 4. The van der Waals surface area contributed by atoms with Gasteiger partial charge in [-0.2, -0.15) is 5.10 Å². The van der Waals surface area contributed by atoms with Gasteiger partial charge >= 0.3 is 0 Å². The summed E-state index contributed by atoms with van der Waals surface area (Å²) in [5.41, 5.74) is -0.445. The molecule has 1 heterocycles. The number of methoxy groups -OCH3 is 1. The number of amides is 2. The first kappa shape index (κ1) is 17.0. The summed E-state index contributed by atoms with van der Waals surface area (Å²) in [7, 11) is 1.50. The average molecular weight is 356 g/mol. The second-order valence-electron chi connectivity index (χ2n) is 4.38. The monoisotopic (exact) mass is 355 g/mol. The predicted octanol–water partition coefficient (Wildman–Crippen LogP) is 1.52. The van der Waals surface area contributed by atoms with Gasteiger partial charge in [-0.25, -0.2) is 4.68 Å². The van der Waals surface area contributed by atoms with E-state index in [1.807, 2.05) is 0 Å². The van der Waals surface area contributed by atoms with Crippen LogP contribution in [0, 0.1) is 0 Å². The van der Waals surface area contributed by atoms with Crippen molar-refractivity contribution in [3.05, 3.63) is 56.4 Å². The smallest absolute Gasteiger partial charge is 0.287 e. The Labute approximate surface area is 140 Å². The van der Waals surface area contributed by atoms with Crippen molar-refractivity contribution in [3.8, 4) is 5.75 Å². The van der Waals surface area contributed by atoms with Gasteiger partial charge in [-0.05, 0) is 24.3 Å². The Hall–Kier alpha value is -2.38. The summed E-state index contributed by atoms with van der Waals surface area (Å²) in [4.78, 5) is 35.5. The van der Waals surface area contributed by atoms with E-state index >= 15 is 0 Å². The molecule has 2 aromatic rings. The molecular weight excluding hydrogens is 345 g/mol. The van der Waals surface area contributed by atoms with E-state index in [1.165, 1.54) is 19.2 Å². The molecule has 2 amide bonds. The van der Waals surface area contributed by atoms with Crippen LogP contribution in [0.2, 0.25) is 10.0 Å². The number of halogens is 2. The van der Waals surface area contributed by atoms with E-state index in [4.69, 9.17) is 27.9 Å². The Balaban J connectivity index is 2.05. The molecule has 1 aromatic carbocycles. The summed E-state index contributed by atoms with van der Waals surface area (Å²) in [6.07, 6.45) is 1.14. The minimum Gasteiger partial charge on any atom is -0.497 e. The van der Waals surface area contributed by atoms with Crippen molar-refractivity contribution in [1.82, 2.24) is 15.1 Å². The van der Waals surface area contributed by atoms with Crippen LogP contribution in [-0.2, 0) is 11.3 Å². The molecule has 0 unspecified atom stereocenters. The summed E-state index contributed by atoms with van der Waals surface area (Å²) < 4.78 is 5.79. The van der Waals surface area contributed by atoms with Crippen LogP contribution >= 0.6 is 23.2 Å². The largest absolute Gasteiger partial charge is 0.497 e. The molecule has 1 N–H and O–H groups in total. The zero-order chi connectivity index (χ0) is 17.0. The van der Waals surface area contributed by atoms with Crippen LogP contribution in [-0.4, -0.2) is 28.7 Å². The second kappa shape index (κ2) is 7.26. The number of hydrogen-bond acceptors (Lipinski definition) is 5. The quantitative estimate of drug-likeness (QED) is 0.897. The van der Waals surface area contributed by atoms with Gasteiger partial charge in [0.15, 0.2) is 0 Å². The lowest BCUT2D eigenvalue weighted by atomic mass is 10.2. The van der Waals surface area contributed by atoms with Gasteiger partial charge in [0.2, 0.25) is 5.91 Å². The van der Waals surface area contributed by atoms with Gasteiger partial charge in [0.25, 0.3) is 11.5 Å². The van der Waals surface area contributed by atoms with E-state index in [1.54, 1.807) is 12.1 Å². The Bertz CT molecular complexity index is 803. The molecule has 0 aliphatic rings. The number of aromatic nitrogens is 2. The summed E-state index contributed by atoms with van der Waals surface area (Å²) in [6.45, 7) is -0.461. The number of ether oxygens (including phenoxy) is 1. The molecule has 0 fully saturated rings. The van der Waals surface area contributed by atoms with Crippen LogP contribution in [0.5, 0.6) is 5.75 Å². The minimum atomic E-state index is -0.716. The molecule has 0 saturated carbocycles. The maximum absolute atomic E-state index is 11.9. The van der Waals surface area contributed by atoms with Gasteiger partial charge < -0.3 is 4.74 Å². The van der Waals surface area contributed by atoms with E-state index in [0.717, 1.165) is 10.9 Å². The zero-order valence-corrected chi connectivity index (χ0v) is 13.4. The van der Waals surface area contributed by atoms with Crippen LogP contribution in [0.25, 0.3) is 0 Å². The van der Waals surface area contributed by atoms with Crippen molar-refractivity contribution in [1.29, 1.82) is 0 Å². The lowest BCUT2D eigenvalue weighted by Gasteiger charge is -2.07. The van der Waals surface area contributed by atoms with Crippen LogP contribution in [0.1, 0.15) is 10.4 Å². The number of hydrogen-bond donors (Lipinski definition) is 1. The Morgan fingerprint density at radius 2 is 1.91 bits per heavy atom. The summed E-state index contributed by atoms with van der Waals surface area (Å²) in [5.74, 6) is -0.732. The predicted molar refractivity (Wildman–Crippen MR) is 84.0 cm³/mol. The summed E-state index contributed by atoms with van der Waals surface area (Å²) in [6, 6.07) is 6.19. The molecule has 0 bridgehead atoms. The fraction of sp³-hybridized carbons (Fsp3) is 0.143. The molecule has 0 spiro atoms. The number of carbonyl (C=O) groups is 2. The molecule has 120 valence electrons. The Kier molecular flexibility index (Phi) is 5.36. The number of nitrogens with one attached hydrogen (secondary N) is 1. The molecule has 0 aliphatic carbocycles. The van der Waals surface area contributed by atoms with Crippen LogP contribution in [0.3, 0.4) is 0 Å². The van der Waals surface area contributed by atoms with Gasteiger partial charge in [0, 0.05) is 5.56 Å². The van der Waals surface area contributed by atoms with Gasteiger partial charge in [-0.3, -0.25) is 19.7 Å². The first-order chi connectivity index (χ1) is 10.9. The van der Waals surface area contributed by atoms with E-state index in [-0.39, 0.29) is 15.6 Å². The van der Waals surface area contributed by atoms with E-state index < -0.39 is 23.9 Å². The van der Waals surface area contributed by atoms with E-state index in [0.29, 0.717) is 5.75 Å². The summed E-state index contributed by atoms with van der Waals surface area (Å²) >= 11 is 11.3. The molecular formula is C14H11Cl2N3O4. The molecule has 1 aromatic heterocycles. The number of imide groups is 1. The van der Waals surface area contributed by atoms with Crippen molar-refractivity contribution >= 4 is 35.0 Å². The maximum atomic E-state index is 11.9. The molecule has 23 heavy (non-hydrogen) atoms. The first-order valence-electron chi connectivity index (χ1n) is 6.31. The standard InChI is InChI=1S/C14H11Cl2N3O4/c1-23-9-4-2-8(3-5-9)13(21)18-11(20)7-19-14(22)12(16)10(15)6-17-19/h2-6H,7H2,1H3,(H,18,20,21). The van der Waals surface area contributed by atoms with Crippen LogP contribution in [0.4, 0.5) is 0 Å².